The average Bonchev–Trinajstić information content (AvgIpc) is 3.38. The van der Waals surface area contributed by atoms with Gasteiger partial charge in [0.25, 0.3) is 0 Å². The van der Waals surface area contributed by atoms with Gasteiger partial charge in [0, 0.05) is 17.8 Å². The molecular formula is C21H23FN2O2. The van der Waals surface area contributed by atoms with Crippen molar-refractivity contribution in [2.24, 2.45) is 5.92 Å². The first-order valence-corrected chi connectivity index (χ1v) is 8.86. The lowest BCUT2D eigenvalue weighted by Gasteiger charge is -2.16. The van der Waals surface area contributed by atoms with E-state index in [0.717, 1.165) is 18.4 Å². The molecule has 0 aromatic heterocycles. The summed E-state index contributed by atoms with van der Waals surface area (Å²) in [6, 6.07) is 13.2. The largest absolute Gasteiger partial charge is 0.326 e. The molecule has 0 saturated heterocycles. The van der Waals surface area contributed by atoms with Gasteiger partial charge in [-0.05, 0) is 60.7 Å². The molecule has 2 N–H and O–H groups in total. The average molecular weight is 354 g/mol. The zero-order valence-electron chi connectivity index (χ0n) is 15.0. The number of carbonyl (C=O) groups excluding carboxylic acids is 2. The zero-order chi connectivity index (χ0) is 18.7. The van der Waals surface area contributed by atoms with Gasteiger partial charge in [0.2, 0.25) is 11.8 Å². The molecule has 2 aromatic rings. The molecule has 0 radical (unpaired) electrons. The standard InChI is InChI=1S/C21H23FN2O2/c1-14(2)13-19(25)23-17-7-9-18(10-8-17)24-20(26)21(11-12-21)15-3-5-16(22)6-4-15/h3-10,14H,11-13H2,1-2H3,(H,23,25)(H,24,26). The molecule has 136 valence electrons. The number of benzene rings is 2. The van der Waals surface area contributed by atoms with Crippen LogP contribution < -0.4 is 10.6 Å². The lowest BCUT2D eigenvalue weighted by Crippen LogP contribution is -2.27. The van der Waals surface area contributed by atoms with Crippen LogP contribution in [0, 0.1) is 11.7 Å². The van der Waals surface area contributed by atoms with E-state index in [-0.39, 0.29) is 17.6 Å². The minimum absolute atomic E-state index is 0.0231. The number of halogens is 1. The highest BCUT2D eigenvalue weighted by atomic mass is 19.1. The normalized spacial score (nSPS) is 14.8. The van der Waals surface area contributed by atoms with Crippen LogP contribution in [0.2, 0.25) is 0 Å². The molecule has 1 aliphatic carbocycles. The lowest BCUT2D eigenvalue weighted by atomic mass is 9.95. The van der Waals surface area contributed by atoms with Gasteiger partial charge in [0.15, 0.2) is 0 Å². The molecule has 0 bridgehead atoms. The molecule has 26 heavy (non-hydrogen) atoms. The molecule has 3 rings (SSSR count). The smallest absolute Gasteiger partial charge is 0.235 e. The number of rotatable bonds is 6. The Morgan fingerprint density at radius 1 is 0.962 bits per heavy atom. The Hall–Kier alpha value is -2.69. The highest BCUT2D eigenvalue weighted by Crippen LogP contribution is 2.49. The van der Waals surface area contributed by atoms with Crippen LogP contribution in [0.4, 0.5) is 15.8 Å². The van der Waals surface area contributed by atoms with E-state index in [1.165, 1.54) is 12.1 Å². The molecule has 5 heteroatoms. The molecule has 0 spiro atoms. The van der Waals surface area contributed by atoms with Crippen LogP contribution in [0.15, 0.2) is 48.5 Å². The highest BCUT2D eigenvalue weighted by Gasteiger charge is 2.51. The van der Waals surface area contributed by atoms with Crippen LogP contribution in [0.25, 0.3) is 0 Å². The van der Waals surface area contributed by atoms with Crippen molar-refractivity contribution >= 4 is 23.2 Å². The second kappa shape index (κ2) is 7.28. The topological polar surface area (TPSA) is 58.2 Å². The maximum absolute atomic E-state index is 13.1. The van der Waals surface area contributed by atoms with E-state index in [1.807, 2.05) is 13.8 Å². The number of amides is 2. The Labute approximate surface area is 152 Å². The summed E-state index contributed by atoms with van der Waals surface area (Å²) in [5, 5.41) is 5.77. The number of carbonyl (C=O) groups is 2. The van der Waals surface area contributed by atoms with Crippen molar-refractivity contribution < 1.29 is 14.0 Å². The van der Waals surface area contributed by atoms with E-state index in [9.17, 15) is 14.0 Å². The number of hydrogen-bond donors (Lipinski definition) is 2. The highest BCUT2D eigenvalue weighted by molar-refractivity contribution is 6.01. The van der Waals surface area contributed by atoms with Crippen LogP contribution in [0.5, 0.6) is 0 Å². The fourth-order valence-electron chi connectivity index (χ4n) is 3.01. The molecule has 0 heterocycles. The van der Waals surface area contributed by atoms with Crippen molar-refractivity contribution in [1.82, 2.24) is 0 Å². The molecular weight excluding hydrogens is 331 g/mol. The first-order chi connectivity index (χ1) is 12.4. The SMILES string of the molecule is CC(C)CC(=O)Nc1ccc(NC(=O)C2(c3ccc(F)cc3)CC2)cc1. The Morgan fingerprint density at radius 2 is 1.50 bits per heavy atom. The summed E-state index contributed by atoms with van der Waals surface area (Å²) in [7, 11) is 0. The quantitative estimate of drug-likeness (QED) is 0.803. The molecule has 2 amide bonds. The lowest BCUT2D eigenvalue weighted by molar-refractivity contribution is -0.118. The summed E-state index contributed by atoms with van der Waals surface area (Å²) in [6.07, 6.45) is 1.99. The van der Waals surface area contributed by atoms with Crippen LogP contribution in [0.1, 0.15) is 38.7 Å². The van der Waals surface area contributed by atoms with E-state index in [2.05, 4.69) is 10.6 Å². The maximum Gasteiger partial charge on any atom is 0.235 e. The van der Waals surface area contributed by atoms with Gasteiger partial charge in [-0.3, -0.25) is 9.59 Å². The Balaban J connectivity index is 1.63. The van der Waals surface area contributed by atoms with Gasteiger partial charge >= 0.3 is 0 Å². The minimum atomic E-state index is -0.558. The Morgan fingerprint density at radius 3 is 2.00 bits per heavy atom. The summed E-state index contributed by atoms with van der Waals surface area (Å²) in [5.41, 5.74) is 1.66. The fourth-order valence-corrected chi connectivity index (χ4v) is 3.01. The number of hydrogen-bond acceptors (Lipinski definition) is 2. The first kappa shape index (κ1) is 18.1. The van der Waals surface area contributed by atoms with Gasteiger partial charge in [-0.25, -0.2) is 4.39 Å². The van der Waals surface area contributed by atoms with Gasteiger partial charge in [-0.2, -0.15) is 0 Å². The van der Waals surface area contributed by atoms with E-state index in [1.54, 1.807) is 36.4 Å². The minimum Gasteiger partial charge on any atom is -0.326 e. The number of anilines is 2. The van der Waals surface area contributed by atoms with Gasteiger partial charge in [-0.15, -0.1) is 0 Å². The third kappa shape index (κ3) is 4.10. The summed E-state index contributed by atoms with van der Waals surface area (Å²) >= 11 is 0. The first-order valence-electron chi connectivity index (χ1n) is 8.86. The van der Waals surface area contributed by atoms with Crippen LogP contribution in [0.3, 0.4) is 0 Å². The number of nitrogens with one attached hydrogen (secondary N) is 2. The predicted molar refractivity (Wildman–Crippen MR) is 100 cm³/mol. The second-order valence-electron chi connectivity index (χ2n) is 7.27. The van der Waals surface area contributed by atoms with E-state index >= 15 is 0 Å². The zero-order valence-corrected chi connectivity index (χ0v) is 15.0. The maximum atomic E-state index is 13.1. The molecule has 0 atom stereocenters. The molecule has 2 aromatic carbocycles. The summed E-state index contributed by atoms with van der Waals surface area (Å²) < 4.78 is 13.1. The van der Waals surface area contributed by atoms with Crippen molar-refractivity contribution in [3.8, 4) is 0 Å². The van der Waals surface area contributed by atoms with Crippen molar-refractivity contribution in [3.63, 3.8) is 0 Å². The van der Waals surface area contributed by atoms with Crippen LogP contribution in [-0.4, -0.2) is 11.8 Å². The van der Waals surface area contributed by atoms with Gasteiger partial charge in [0.05, 0.1) is 5.41 Å². The molecule has 1 saturated carbocycles. The molecule has 0 unspecified atom stereocenters. The predicted octanol–water partition coefficient (Wildman–Crippen LogP) is 4.48. The van der Waals surface area contributed by atoms with E-state index in [4.69, 9.17) is 0 Å². The van der Waals surface area contributed by atoms with Gasteiger partial charge < -0.3 is 10.6 Å². The van der Waals surface area contributed by atoms with E-state index in [0.29, 0.717) is 23.7 Å². The summed E-state index contributed by atoms with van der Waals surface area (Å²) in [6.45, 7) is 3.99. The molecule has 1 fully saturated rings. The van der Waals surface area contributed by atoms with Crippen molar-refractivity contribution in [1.29, 1.82) is 0 Å². The summed E-state index contributed by atoms with van der Waals surface area (Å²) in [4.78, 5) is 24.5. The summed E-state index contributed by atoms with van der Waals surface area (Å²) in [5.74, 6) is -0.111. The van der Waals surface area contributed by atoms with Crippen molar-refractivity contribution in [3.05, 3.63) is 59.9 Å². The second-order valence-corrected chi connectivity index (χ2v) is 7.27. The van der Waals surface area contributed by atoms with E-state index < -0.39 is 5.41 Å². The van der Waals surface area contributed by atoms with Crippen LogP contribution >= 0.6 is 0 Å². The van der Waals surface area contributed by atoms with Gasteiger partial charge in [-0.1, -0.05) is 26.0 Å². The van der Waals surface area contributed by atoms with Crippen LogP contribution in [-0.2, 0) is 15.0 Å². The molecule has 0 aliphatic heterocycles. The van der Waals surface area contributed by atoms with Gasteiger partial charge in [0.1, 0.15) is 5.82 Å². The van der Waals surface area contributed by atoms with Crippen molar-refractivity contribution in [2.45, 2.75) is 38.5 Å². The monoisotopic (exact) mass is 354 g/mol. The molecule has 1 aliphatic rings. The Kier molecular flexibility index (Phi) is 5.07. The fraction of sp³-hybridized carbons (Fsp3) is 0.333. The Bertz CT molecular complexity index is 794. The third-order valence-corrected chi connectivity index (χ3v) is 4.60. The third-order valence-electron chi connectivity index (χ3n) is 4.60. The molecule has 4 nitrogen and oxygen atoms in total. The van der Waals surface area contributed by atoms with Crippen molar-refractivity contribution in [2.75, 3.05) is 10.6 Å².